The van der Waals surface area contributed by atoms with E-state index in [-0.39, 0.29) is 23.1 Å². The van der Waals surface area contributed by atoms with Crippen LogP contribution in [0, 0.1) is 18.3 Å². The lowest BCUT2D eigenvalue weighted by atomic mass is 9.64. The van der Waals surface area contributed by atoms with Gasteiger partial charge < -0.3 is 10.1 Å². The monoisotopic (exact) mass is 457 g/mol. The second-order valence-electron chi connectivity index (χ2n) is 10.1. The molecule has 1 saturated heterocycles. The molecule has 7 nitrogen and oxygen atoms in total. The predicted molar refractivity (Wildman–Crippen MR) is 121 cm³/mol. The van der Waals surface area contributed by atoms with Gasteiger partial charge in [-0.05, 0) is 55.2 Å². The number of urea groups is 1. The van der Waals surface area contributed by atoms with E-state index in [1.807, 2.05) is 31.2 Å². The number of nitrogens with one attached hydrogen (secondary N) is 1. The Hall–Kier alpha value is -2.67. The van der Waals surface area contributed by atoms with Crippen LogP contribution in [-0.4, -0.2) is 39.9 Å². The number of nitrogens with zero attached hydrogens (tertiary/aromatic N) is 2. The normalized spacial score (nSPS) is 24.8. The maximum absolute atomic E-state index is 13.2. The van der Waals surface area contributed by atoms with E-state index in [0.29, 0.717) is 24.3 Å². The molecule has 170 valence electrons. The number of pyridine rings is 1. The summed E-state index contributed by atoms with van der Waals surface area (Å²) in [6, 6.07) is 7.11. The Bertz CT molecular complexity index is 1120. The predicted octanol–water partition coefficient (Wildman–Crippen LogP) is 4.38. The summed E-state index contributed by atoms with van der Waals surface area (Å²) in [5, 5.41) is 4.00. The van der Waals surface area contributed by atoms with E-state index < -0.39 is 24.1 Å². The third-order valence-corrected chi connectivity index (χ3v) is 6.63. The first kappa shape index (κ1) is 22.5. The van der Waals surface area contributed by atoms with Crippen molar-refractivity contribution in [3.8, 4) is 0 Å². The van der Waals surface area contributed by atoms with E-state index in [2.05, 4.69) is 31.1 Å². The number of carbonyl (C=O) groups is 3. The average Bonchev–Trinajstić information content (AvgIpc) is 2.88. The fourth-order valence-corrected chi connectivity index (χ4v) is 5.58. The minimum atomic E-state index is -0.942. The molecule has 0 bridgehead atoms. The molecule has 4 rings (SSSR count). The molecule has 1 spiro atoms. The lowest BCUT2D eigenvalue weighted by Crippen LogP contribution is -2.54. The molecule has 1 aliphatic heterocycles. The molecule has 2 fully saturated rings. The minimum Gasteiger partial charge on any atom is -0.459 e. The summed E-state index contributed by atoms with van der Waals surface area (Å²) < 4.78 is 5.34. The fraction of sp³-hybridized carbons (Fsp3) is 0.500. The molecule has 2 aliphatic rings. The topological polar surface area (TPSA) is 88.6 Å². The molecule has 1 aliphatic carbocycles. The van der Waals surface area contributed by atoms with Crippen LogP contribution in [0.4, 0.5) is 4.79 Å². The lowest BCUT2D eigenvalue weighted by Gasteiger charge is -2.43. The zero-order valence-corrected chi connectivity index (χ0v) is 19.6. The average molecular weight is 458 g/mol. The Morgan fingerprint density at radius 2 is 2.03 bits per heavy atom. The molecule has 32 heavy (non-hydrogen) atoms. The zero-order valence-electron chi connectivity index (χ0n) is 18.8. The number of hydrogen-bond acceptors (Lipinski definition) is 5. The molecule has 0 unspecified atom stereocenters. The smallest absolute Gasteiger partial charge is 0.326 e. The molecule has 1 aromatic heterocycles. The number of rotatable bonds is 4. The number of imide groups is 1. The number of benzene rings is 1. The van der Waals surface area contributed by atoms with Gasteiger partial charge in [0.25, 0.3) is 5.91 Å². The number of esters is 1. The molecule has 1 saturated carbocycles. The number of ether oxygens (including phenoxy) is 1. The molecule has 0 radical (unpaired) electrons. The van der Waals surface area contributed by atoms with Gasteiger partial charge in [0, 0.05) is 10.9 Å². The zero-order chi connectivity index (χ0) is 23.3. The van der Waals surface area contributed by atoms with Crippen molar-refractivity contribution in [3.05, 3.63) is 40.5 Å². The van der Waals surface area contributed by atoms with Gasteiger partial charge in [-0.3, -0.25) is 14.5 Å². The van der Waals surface area contributed by atoms with Gasteiger partial charge in [0.2, 0.25) is 0 Å². The number of carbonyl (C=O) groups excluding carboxylic acids is 3. The largest absolute Gasteiger partial charge is 0.459 e. The van der Waals surface area contributed by atoms with E-state index in [9.17, 15) is 14.4 Å². The van der Waals surface area contributed by atoms with Gasteiger partial charge in [0.1, 0.15) is 23.8 Å². The van der Waals surface area contributed by atoms with Crippen molar-refractivity contribution in [1.29, 1.82) is 0 Å². The highest BCUT2D eigenvalue weighted by molar-refractivity contribution is 6.30. The summed E-state index contributed by atoms with van der Waals surface area (Å²) >= 11 is 6.26. The Labute approximate surface area is 192 Å². The number of amides is 3. The highest BCUT2D eigenvalue weighted by atomic mass is 35.5. The van der Waals surface area contributed by atoms with Crippen molar-refractivity contribution in [2.45, 2.75) is 59.1 Å². The second kappa shape index (κ2) is 8.03. The Morgan fingerprint density at radius 1 is 1.28 bits per heavy atom. The van der Waals surface area contributed by atoms with Crippen LogP contribution in [0.25, 0.3) is 10.9 Å². The van der Waals surface area contributed by atoms with E-state index in [4.69, 9.17) is 16.3 Å². The first-order chi connectivity index (χ1) is 15.0. The fourth-order valence-electron chi connectivity index (χ4n) is 5.38. The molecule has 1 N–H and O–H groups in total. The van der Waals surface area contributed by atoms with Crippen LogP contribution in [0.2, 0.25) is 5.15 Å². The van der Waals surface area contributed by atoms with Gasteiger partial charge in [-0.15, -0.1) is 0 Å². The van der Waals surface area contributed by atoms with Crippen LogP contribution in [0.1, 0.15) is 51.2 Å². The van der Waals surface area contributed by atoms with Crippen molar-refractivity contribution in [2.75, 3.05) is 6.54 Å². The van der Waals surface area contributed by atoms with E-state index in [1.165, 1.54) is 0 Å². The maximum atomic E-state index is 13.2. The summed E-state index contributed by atoms with van der Waals surface area (Å²) in [4.78, 5) is 43.6. The Balaban J connectivity index is 1.43. The van der Waals surface area contributed by atoms with E-state index >= 15 is 0 Å². The van der Waals surface area contributed by atoms with Gasteiger partial charge in [-0.25, -0.2) is 9.78 Å². The number of hydrogen-bond donors (Lipinski definition) is 1. The second-order valence-corrected chi connectivity index (χ2v) is 10.4. The molecule has 2 atom stereocenters. The molecule has 1 aromatic carbocycles. The molecule has 2 heterocycles. The van der Waals surface area contributed by atoms with Crippen molar-refractivity contribution < 1.29 is 19.1 Å². The third-order valence-electron chi connectivity index (χ3n) is 6.30. The van der Waals surface area contributed by atoms with Crippen molar-refractivity contribution in [1.82, 2.24) is 15.2 Å². The summed E-state index contributed by atoms with van der Waals surface area (Å²) in [7, 11) is 0. The molecular weight excluding hydrogens is 430 g/mol. The Kier molecular flexibility index (Phi) is 5.65. The van der Waals surface area contributed by atoms with Crippen LogP contribution >= 0.6 is 11.6 Å². The lowest BCUT2D eigenvalue weighted by molar-refractivity contribution is -0.149. The van der Waals surface area contributed by atoms with Gasteiger partial charge in [-0.2, -0.15) is 0 Å². The van der Waals surface area contributed by atoms with Crippen LogP contribution in [0.5, 0.6) is 0 Å². The first-order valence-electron chi connectivity index (χ1n) is 10.8. The van der Waals surface area contributed by atoms with E-state index in [1.54, 1.807) is 0 Å². The maximum Gasteiger partial charge on any atom is 0.326 e. The molecular formula is C24H28ClN3O4. The highest BCUT2D eigenvalue weighted by Crippen LogP contribution is 2.46. The number of aromatic nitrogens is 1. The van der Waals surface area contributed by atoms with Gasteiger partial charge in [0.15, 0.2) is 0 Å². The van der Waals surface area contributed by atoms with Crippen LogP contribution < -0.4 is 5.32 Å². The van der Waals surface area contributed by atoms with Gasteiger partial charge in [0.05, 0.1) is 5.52 Å². The van der Waals surface area contributed by atoms with Crippen LogP contribution in [0.15, 0.2) is 24.3 Å². The highest BCUT2D eigenvalue weighted by Gasteiger charge is 2.56. The Morgan fingerprint density at radius 3 is 2.75 bits per heavy atom. The number of aryl methyl sites for hydroxylation is 1. The van der Waals surface area contributed by atoms with Crippen LogP contribution in [-0.2, 0) is 20.9 Å². The third kappa shape index (κ3) is 4.31. The minimum absolute atomic E-state index is 0.0739. The van der Waals surface area contributed by atoms with Crippen LogP contribution in [0.3, 0.4) is 0 Å². The summed E-state index contributed by atoms with van der Waals surface area (Å²) in [5.41, 5.74) is 1.38. The van der Waals surface area contributed by atoms with Crippen molar-refractivity contribution in [2.24, 2.45) is 11.3 Å². The number of fused-ring (bicyclic) bond motifs is 1. The molecule has 2 aromatic rings. The van der Waals surface area contributed by atoms with Crippen molar-refractivity contribution in [3.63, 3.8) is 0 Å². The quantitative estimate of drug-likeness (QED) is 0.418. The summed E-state index contributed by atoms with van der Waals surface area (Å²) in [6.45, 7) is 7.74. The summed E-state index contributed by atoms with van der Waals surface area (Å²) in [5.74, 6) is -0.727. The van der Waals surface area contributed by atoms with Gasteiger partial charge in [-0.1, -0.05) is 44.5 Å². The first-order valence-corrected chi connectivity index (χ1v) is 11.2. The van der Waals surface area contributed by atoms with E-state index in [0.717, 1.165) is 27.8 Å². The van der Waals surface area contributed by atoms with Crippen molar-refractivity contribution >= 4 is 40.4 Å². The van der Waals surface area contributed by atoms with Gasteiger partial charge >= 0.3 is 12.0 Å². The molecule has 8 heteroatoms. The summed E-state index contributed by atoms with van der Waals surface area (Å²) in [6.07, 6.45) is 2.11. The number of halogens is 1. The standard InChI is InChI=1S/C24H28ClN3O4/c1-14-5-6-16-8-17(20(25)26-18(16)7-14)12-32-19(29)11-28-21(30)24(27-22(28)31)10-15(2)9-23(3,4)13-24/h5-8,15H,9-13H2,1-4H3,(H,27,31)/t15-,24-/m0/s1. The SMILES string of the molecule is Cc1ccc2cc(COC(=O)CN3C(=O)N[C@]4(C[C@@H](C)CC(C)(C)C4)C3=O)c(Cl)nc2c1. The molecule has 3 amide bonds.